The van der Waals surface area contributed by atoms with Crippen LogP contribution in [0.2, 0.25) is 0 Å². The van der Waals surface area contributed by atoms with Crippen molar-refractivity contribution in [3.63, 3.8) is 0 Å². The van der Waals surface area contributed by atoms with E-state index < -0.39 is 0 Å². The third kappa shape index (κ3) is 4.45. The number of likely N-dealkylation sites (tertiary alicyclic amines) is 1. The fourth-order valence-electron chi connectivity index (χ4n) is 7.08. The Labute approximate surface area is 160 Å². The van der Waals surface area contributed by atoms with E-state index in [0.29, 0.717) is 11.0 Å². The van der Waals surface area contributed by atoms with Crippen LogP contribution in [-0.2, 0) is 0 Å². The minimum Gasteiger partial charge on any atom is -0.318 e. The summed E-state index contributed by atoms with van der Waals surface area (Å²) in [6, 6.07) is 0. The van der Waals surface area contributed by atoms with Crippen molar-refractivity contribution < 1.29 is 4.48 Å². The third-order valence-electron chi connectivity index (χ3n) is 7.51. The van der Waals surface area contributed by atoms with Crippen LogP contribution < -0.4 is 0 Å². The van der Waals surface area contributed by atoms with Crippen LogP contribution in [0.15, 0.2) is 0 Å². The van der Waals surface area contributed by atoms with Gasteiger partial charge in [0.1, 0.15) is 5.54 Å². The van der Waals surface area contributed by atoms with Gasteiger partial charge in [-0.25, -0.2) is 0 Å². The predicted molar refractivity (Wildman–Crippen MR) is 114 cm³/mol. The highest BCUT2D eigenvalue weighted by molar-refractivity contribution is 5.02. The molecule has 0 radical (unpaired) electrons. The fraction of sp³-hybridized carbons (Fsp3) is 1.00. The lowest BCUT2D eigenvalue weighted by Crippen LogP contribution is -2.74. The summed E-state index contributed by atoms with van der Waals surface area (Å²) in [5.41, 5.74) is 1.15. The maximum absolute atomic E-state index is 2.45. The Kier molecular flexibility index (Phi) is 10.1. The minimum atomic E-state index is 0.548. The van der Waals surface area contributed by atoms with Gasteiger partial charge < -0.3 is 4.48 Å². The Balaban J connectivity index is 3.53. The Bertz CT molecular complexity index is 326. The molecule has 1 atom stereocenters. The molecular formula is C24H50N+. The standard InChI is InChI=1S/C24H50N/c1-7-13-21-25(20-12-6)22-14-19-23(15-8-2,16-9-3)24(25,17-10-4)18-11-5/h7-22H2,1-6H3/q+1. The monoisotopic (exact) mass is 352 g/mol. The molecule has 1 nitrogen and oxygen atoms in total. The first kappa shape index (κ1) is 23.0. The second kappa shape index (κ2) is 11.0. The number of unbranched alkanes of at least 4 members (excludes halogenated alkanes) is 1. The van der Waals surface area contributed by atoms with Crippen molar-refractivity contribution in [3.8, 4) is 0 Å². The molecule has 0 N–H and O–H groups in total. The molecule has 0 aromatic carbocycles. The Morgan fingerprint density at radius 3 is 1.64 bits per heavy atom. The van der Waals surface area contributed by atoms with E-state index in [1.165, 1.54) is 108 Å². The molecule has 1 heteroatoms. The van der Waals surface area contributed by atoms with E-state index in [-0.39, 0.29) is 0 Å². The quantitative estimate of drug-likeness (QED) is 0.297. The van der Waals surface area contributed by atoms with Gasteiger partial charge in [-0.1, -0.05) is 73.6 Å². The van der Waals surface area contributed by atoms with Gasteiger partial charge in [0.05, 0.1) is 19.6 Å². The average molecular weight is 353 g/mol. The van der Waals surface area contributed by atoms with Crippen LogP contribution >= 0.6 is 0 Å². The van der Waals surface area contributed by atoms with Crippen molar-refractivity contribution in [2.24, 2.45) is 5.41 Å². The molecule has 0 aliphatic carbocycles. The topological polar surface area (TPSA) is 0 Å². The van der Waals surface area contributed by atoms with Crippen LogP contribution in [0.1, 0.15) is 125 Å². The first-order valence-corrected chi connectivity index (χ1v) is 11.9. The van der Waals surface area contributed by atoms with E-state index in [9.17, 15) is 0 Å². The SMILES string of the molecule is CCCC[N+]1(CCC)CCCC(CCC)(CCC)C1(CCC)CCC. The van der Waals surface area contributed by atoms with Crippen LogP contribution in [0.25, 0.3) is 0 Å². The maximum Gasteiger partial charge on any atom is 0.105 e. The summed E-state index contributed by atoms with van der Waals surface area (Å²) >= 11 is 0. The second-order valence-electron chi connectivity index (χ2n) is 9.09. The highest BCUT2D eigenvalue weighted by Gasteiger charge is 2.62. The molecule has 0 aromatic rings. The fourth-order valence-corrected chi connectivity index (χ4v) is 7.08. The zero-order valence-corrected chi connectivity index (χ0v) is 18.8. The van der Waals surface area contributed by atoms with Crippen LogP contribution in [0.4, 0.5) is 0 Å². The summed E-state index contributed by atoms with van der Waals surface area (Å²) in [5.74, 6) is 0. The number of rotatable bonds is 13. The Morgan fingerprint density at radius 2 is 1.20 bits per heavy atom. The van der Waals surface area contributed by atoms with Crippen molar-refractivity contribution in [1.29, 1.82) is 0 Å². The van der Waals surface area contributed by atoms with Gasteiger partial charge in [0, 0.05) is 18.3 Å². The van der Waals surface area contributed by atoms with Crippen molar-refractivity contribution in [3.05, 3.63) is 0 Å². The molecule has 1 aliphatic rings. The minimum absolute atomic E-state index is 0.548. The summed E-state index contributed by atoms with van der Waals surface area (Å²) in [5, 5.41) is 0. The highest BCUT2D eigenvalue weighted by Crippen LogP contribution is 2.58. The molecule has 25 heavy (non-hydrogen) atoms. The van der Waals surface area contributed by atoms with E-state index >= 15 is 0 Å². The number of hydrogen-bond donors (Lipinski definition) is 0. The molecule has 0 aromatic heterocycles. The summed E-state index contributed by atoms with van der Waals surface area (Å²) in [6.45, 7) is 18.9. The van der Waals surface area contributed by atoms with Gasteiger partial charge in [-0.15, -0.1) is 0 Å². The molecule has 1 rings (SSSR count). The summed E-state index contributed by atoms with van der Waals surface area (Å²) in [4.78, 5) is 0. The van der Waals surface area contributed by atoms with Crippen molar-refractivity contribution in [2.45, 2.75) is 131 Å². The van der Waals surface area contributed by atoms with Gasteiger partial charge in [0.2, 0.25) is 0 Å². The molecule has 1 unspecified atom stereocenters. The molecular weight excluding hydrogens is 302 g/mol. The summed E-state index contributed by atoms with van der Waals surface area (Å²) in [6.07, 6.45) is 18.4. The largest absolute Gasteiger partial charge is 0.318 e. The predicted octanol–water partition coefficient (Wildman–Crippen LogP) is 7.73. The normalized spacial score (nSPS) is 25.2. The summed E-state index contributed by atoms with van der Waals surface area (Å²) < 4.78 is 1.47. The van der Waals surface area contributed by atoms with Gasteiger partial charge in [0.25, 0.3) is 0 Å². The van der Waals surface area contributed by atoms with E-state index in [4.69, 9.17) is 0 Å². The van der Waals surface area contributed by atoms with Crippen molar-refractivity contribution in [1.82, 2.24) is 0 Å². The van der Waals surface area contributed by atoms with Crippen molar-refractivity contribution in [2.75, 3.05) is 19.6 Å². The van der Waals surface area contributed by atoms with Crippen LogP contribution in [0, 0.1) is 5.41 Å². The van der Waals surface area contributed by atoms with Gasteiger partial charge in [-0.2, -0.15) is 0 Å². The van der Waals surface area contributed by atoms with E-state index in [1.807, 2.05) is 0 Å². The van der Waals surface area contributed by atoms with Gasteiger partial charge >= 0.3 is 0 Å². The molecule has 0 amide bonds. The molecule has 1 fully saturated rings. The second-order valence-corrected chi connectivity index (χ2v) is 9.09. The summed E-state index contributed by atoms with van der Waals surface area (Å²) in [7, 11) is 0. The van der Waals surface area contributed by atoms with Gasteiger partial charge in [0.15, 0.2) is 0 Å². The number of hydrogen-bond acceptors (Lipinski definition) is 0. The zero-order valence-electron chi connectivity index (χ0n) is 18.8. The molecule has 0 bridgehead atoms. The van der Waals surface area contributed by atoms with Crippen LogP contribution in [-0.4, -0.2) is 29.7 Å². The molecule has 1 aliphatic heterocycles. The van der Waals surface area contributed by atoms with Gasteiger partial charge in [-0.3, -0.25) is 0 Å². The highest BCUT2D eigenvalue weighted by atomic mass is 15.4. The number of quaternary nitrogens is 1. The molecule has 1 saturated heterocycles. The Morgan fingerprint density at radius 1 is 0.640 bits per heavy atom. The molecule has 0 spiro atoms. The Hall–Kier alpha value is -0.0400. The lowest BCUT2D eigenvalue weighted by atomic mass is 9.54. The van der Waals surface area contributed by atoms with Gasteiger partial charge in [-0.05, 0) is 38.5 Å². The lowest BCUT2D eigenvalue weighted by Gasteiger charge is -2.66. The van der Waals surface area contributed by atoms with Crippen molar-refractivity contribution >= 4 is 0 Å². The maximum atomic E-state index is 2.45. The zero-order chi connectivity index (χ0) is 18.8. The smallest absolute Gasteiger partial charge is 0.105 e. The molecule has 0 saturated carbocycles. The average Bonchev–Trinajstić information content (AvgIpc) is 2.58. The van der Waals surface area contributed by atoms with Crippen LogP contribution in [0.3, 0.4) is 0 Å². The van der Waals surface area contributed by atoms with Crippen LogP contribution in [0.5, 0.6) is 0 Å². The number of nitrogens with zero attached hydrogens (tertiary/aromatic N) is 1. The first-order chi connectivity index (χ1) is 12.1. The number of piperidine rings is 1. The van der Waals surface area contributed by atoms with E-state index in [1.54, 1.807) is 0 Å². The molecule has 150 valence electrons. The third-order valence-corrected chi connectivity index (χ3v) is 7.51. The van der Waals surface area contributed by atoms with E-state index in [0.717, 1.165) is 0 Å². The molecule has 1 heterocycles. The lowest BCUT2D eigenvalue weighted by molar-refractivity contribution is -0.992. The first-order valence-electron chi connectivity index (χ1n) is 11.9. The van der Waals surface area contributed by atoms with E-state index in [2.05, 4.69) is 41.5 Å².